The van der Waals surface area contributed by atoms with Gasteiger partial charge in [-0.15, -0.1) is 0 Å². The van der Waals surface area contributed by atoms with Crippen molar-refractivity contribution in [1.82, 2.24) is 9.78 Å². The Balaban J connectivity index is 2.60. The molecule has 0 fully saturated rings. The first-order chi connectivity index (χ1) is 7.24. The van der Waals surface area contributed by atoms with Gasteiger partial charge in [0.15, 0.2) is 5.69 Å². The number of hydrogen-bond donors (Lipinski definition) is 2. The van der Waals surface area contributed by atoms with Gasteiger partial charge in [0.05, 0.1) is 6.61 Å². The molecule has 1 rings (SSSR count). The van der Waals surface area contributed by atoms with E-state index >= 15 is 0 Å². The Kier molecular flexibility index (Phi) is 3.59. The summed E-state index contributed by atoms with van der Waals surface area (Å²) >= 11 is 0. The Bertz CT molecular complexity index is 346. The molecule has 0 saturated heterocycles. The highest BCUT2D eigenvalue weighted by Crippen LogP contribution is 2.27. The molecule has 0 aromatic carbocycles. The van der Waals surface area contributed by atoms with E-state index in [-0.39, 0.29) is 13.2 Å². The van der Waals surface area contributed by atoms with Crippen molar-refractivity contribution in [2.45, 2.75) is 31.6 Å². The largest absolute Gasteiger partial charge is 0.435 e. The Morgan fingerprint density at radius 3 is 2.56 bits per heavy atom. The number of aromatic nitrogens is 2. The third-order valence-electron chi connectivity index (χ3n) is 2.20. The number of nitrogens with two attached hydrogens (primary N) is 1. The van der Waals surface area contributed by atoms with Crippen molar-refractivity contribution in [3.8, 4) is 0 Å². The quantitative estimate of drug-likeness (QED) is 0.821. The lowest BCUT2D eigenvalue weighted by molar-refractivity contribution is -0.141. The van der Waals surface area contributed by atoms with Crippen LogP contribution in [0.3, 0.4) is 0 Å². The number of hydrogen-bond acceptors (Lipinski definition) is 3. The minimum Gasteiger partial charge on any atom is -0.394 e. The van der Waals surface area contributed by atoms with E-state index in [9.17, 15) is 13.2 Å². The van der Waals surface area contributed by atoms with E-state index in [1.54, 1.807) is 6.92 Å². The van der Waals surface area contributed by atoms with Crippen LogP contribution >= 0.6 is 0 Å². The molecule has 1 atom stereocenters. The van der Waals surface area contributed by atoms with Crippen molar-refractivity contribution in [2.75, 3.05) is 6.61 Å². The fraction of sp³-hybridized carbons (Fsp3) is 0.667. The topological polar surface area (TPSA) is 64.1 Å². The summed E-state index contributed by atoms with van der Waals surface area (Å²) in [5.41, 5.74) is 3.92. The predicted octanol–water partition coefficient (Wildman–Crippen LogP) is 1.00. The first kappa shape index (κ1) is 13.0. The SMILES string of the molecule is CC(N)(CO)CCn1ccc(C(F)(F)F)n1. The molecule has 0 saturated carbocycles. The van der Waals surface area contributed by atoms with Crippen LogP contribution in [0.25, 0.3) is 0 Å². The highest BCUT2D eigenvalue weighted by atomic mass is 19.4. The first-order valence-corrected chi connectivity index (χ1v) is 4.75. The lowest BCUT2D eigenvalue weighted by Crippen LogP contribution is -2.41. The van der Waals surface area contributed by atoms with Crippen LogP contribution in [0.15, 0.2) is 12.3 Å². The summed E-state index contributed by atoms with van der Waals surface area (Å²) in [4.78, 5) is 0. The maximum Gasteiger partial charge on any atom is 0.435 e. The molecule has 0 aliphatic rings. The zero-order chi connectivity index (χ0) is 12.4. The molecular weight excluding hydrogens is 223 g/mol. The summed E-state index contributed by atoms with van der Waals surface area (Å²) in [5, 5.41) is 12.2. The van der Waals surface area contributed by atoms with Crippen molar-refractivity contribution >= 4 is 0 Å². The molecule has 1 aromatic rings. The van der Waals surface area contributed by atoms with Crippen molar-refractivity contribution in [3.63, 3.8) is 0 Å². The summed E-state index contributed by atoms with van der Waals surface area (Å²) in [6.45, 7) is 1.64. The lowest BCUT2D eigenvalue weighted by atomic mass is 10.0. The number of aliphatic hydroxyl groups is 1. The van der Waals surface area contributed by atoms with E-state index in [0.717, 1.165) is 6.07 Å². The number of aliphatic hydroxyl groups excluding tert-OH is 1. The second-order valence-electron chi connectivity index (χ2n) is 4.02. The molecule has 0 aliphatic carbocycles. The molecular formula is C9H14F3N3O. The van der Waals surface area contributed by atoms with Gasteiger partial charge in [-0.2, -0.15) is 18.3 Å². The van der Waals surface area contributed by atoms with Gasteiger partial charge < -0.3 is 10.8 Å². The average Bonchev–Trinajstić information content (AvgIpc) is 2.63. The van der Waals surface area contributed by atoms with E-state index in [1.165, 1.54) is 10.9 Å². The van der Waals surface area contributed by atoms with Gasteiger partial charge in [0.25, 0.3) is 0 Å². The van der Waals surface area contributed by atoms with Gasteiger partial charge in [0, 0.05) is 18.3 Å². The van der Waals surface area contributed by atoms with Gasteiger partial charge in [-0.1, -0.05) is 0 Å². The van der Waals surface area contributed by atoms with E-state index in [0.29, 0.717) is 6.42 Å². The van der Waals surface area contributed by atoms with Crippen LogP contribution in [-0.2, 0) is 12.7 Å². The maximum atomic E-state index is 12.2. The zero-order valence-electron chi connectivity index (χ0n) is 8.83. The molecule has 0 aliphatic heterocycles. The van der Waals surface area contributed by atoms with E-state index in [2.05, 4.69) is 5.10 Å². The fourth-order valence-corrected chi connectivity index (χ4v) is 1.09. The van der Waals surface area contributed by atoms with Crippen molar-refractivity contribution in [3.05, 3.63) is 18.0 Å². The summed E-state index contributed by atoms with van der Waals surface area (Å²) in [7, 11) is 0. The van der Waals surface area contributed by atoms with Crippen LogP contribution in [0, 0.1) is 0 Å². The Labute approximate surface area is 90.9 Å². The zero-order valence-corrected chi connectivity index (χ0v) is 8.83. The normalized spacial score (nSPS) is 16.1. The van der Waals surface area contributed by atoms with E-state index < -0.39 is 17.4 Å². The van der Waals surface area contributed by atoms with Gasteiger partial charge >= 0.3 is 6.18 Å². The second-order valence-corrected chi connectivity index (χ2v) is 4.02. The number of aryl methyl sites for hydroxylation is 1. The van der Waals surface area contributed by atoms with Crippen molar-refractivity contribution in [2.24, 2.45) is 5.73 Å². The summed E-state index contributed by atoms with van der Waals surface area (Å²) in [6, 6.07) is 0.910. The van der Waals surface area contributed by atoms with Gasteiger partial charge in [0.2, 0.25) is 0 Å². The van der Waals surface area contributed by atoms with E-state index in [4.69, 9.17) is 10.8 Å². The standard InChI is InChI=1S/C9H14F3N3O/c1-8(13,6-16)3-5-15-4-2-7(14-15)9(10,11)12/h2,4,16H,3,5-6,13H2,1H3. The minimum absolute atomic E-state index is 0.222. The highest BCUT2D eigenvalue weighted by Gasteiger charge is 2.33. The molecule has 0 bridgehead atoms. The third kappa shape index (κ3) is 3.49. The molecule has 7 heteroatoms. The maximum absolute atomic E-state index is 12.2. The average molecular weight is 237 g/mol. The number of rotatable bonds is 4. The number of nitrogens with zero attached hydrogens (tertiary/aromatic N) is 2. The molecule has 4 nitrogen and oxygen atoms in total. The Morgan fingerprint density at radius 1 is 1.50 bits per heavy atom. The third-order valence-corrected chi connectivity index (χ3v) is 2.20. The summed E-state index contributed by atoms with van der Waals surface area (Å²) in [6.07, 6.45) is -2.83. The molecule has 1 unspecified atom stereocenters. The summed E-state index contributed by atoms with van der Waals surface area (Å²) in [5.74, 6) is 0. The van der Waals surface area contributed by atoms with Crippen LogP contribution in [0.5, 0.6) is 0 Å². The molecule has 0 spiro atoms. The molecule has 1 aromatic heterocycles. The first-order valence-electron chi connectivity index (χ1n) is 4.75. The van der Waals surface area contributed by atoms with Crippen LogP contribution < -0.4 is 5.73 Å². The monoisotopic (exact) mass is 237 g/mol. The minimum atomic E-state index is -4.42. The van der Waals surface area contributed by atoms with Gasteiger partial charge in [0.1, 0.15) is 0 Å². The Morgan fingerprint density at radius 2 is 2.12 bits per heavy atom. The van der Waals surface area contributed by atoms with Crippen LogP contribution in [-0.4, -0.2) is 27.0 Å². The number of halogens is 3. The van der Waals surface area contributed by atoms with Gasteiger partial charge in [-0.3, -0.25) is 4.68 Å². The molecule has 1 heterocycles. The predicted molar refractivity (Wildman–Crippen MR) is 51.5 cm³/mol. The molecule has 0 amide bonds. The smallest absolute Gasteiger partial charge is 0.394 e. The van der Waals surface area contributed by atoms with Gasteiger partial charge in [-0.25, -0.2) is 0 Å². The van der Waals surface area contributed by atoms with E-state index in [1.807, 2.05) is 0 Å². The highest BCUT2D eigenvalue weighted by molar-refractivity contribution is 5.03. The van der Waals surface area contributed by atoms with Crippen molar-refractivity contribution < 1.29 is 18.3 Å². The van der Waals surface area contributed by atoms with Crippen LogP contribution in [0.4, 0.5) is 13.2 Å². The van der Waals surface area contributed by atoms with Gasteiger partial charge in [-0.05, 0) is 19.4 Å². The number of alkyl halides is 3. The molecule has 16 heavy (non-hydrogen) atoms. The van der Waals surface area contributed by atoms with Crippen molar-refractivity contribution in [1.29, 1.82) is 0 Å². The van der Waals surface area contributed by atoms with Crippen LogP contribution in [0.2, 0.25) is 0 Å². The summed E-state index contributed by atoms with van der Waals surface area (Å²) < 4.78 is 37.8. The fourth-order valence-electron chi connectivity index (χ4n) is 1.09. The molecule has 3 N–H and O–H groups in total. The second kappa shape index (κ2) is 4.42. The lowest BCUT2D eigenvalue weighted by Gasteiger charge is -2.21. The molecule has 0 radical (unpaired) electrons. The molecule has 92 valence electrons. The van der Waals surface area contributed by atoms with Crippen LogP contribution in [0.1, 0.15) is 19.0 Å². The Hall–Kier alpha value is -1.08.